The molecule has 9 heteroatoms. The summed E-state index contributed by atoms with van der Waals surface area (Å²) in [7, 11) is -4.03. The van der Waals surface area contributed by atoms with E-state index in [-0.39, 0.29) is 10.1 Å². The van der Waals surface area contributed by atoms with Gasteiger partial charge >= 0.3 is 0 Å². The molecule has 0 N–H and O–H groups in total. The summed E-state index contributed by atoms with van der Waals surface area (Å²) in [6.07, 6.45) is 1.03. The molecule has 0 aliphatic heterocycles. The van der Waals surface area contributed by atoms with E-state index in [4.69, 9.17) is 32.5 Å². The molecule has 0 aliphatic rings. The van der Waals surface area contributed by atoms with Crippen LogP contribution in [0.25, 0.3) is 0 Å². The zero-order valence-electron chi connectivity index (χ0n) is 26.2. The lowest BCUT2D eigenvalue weighted by Gasteiger charge is -2.38. The van der Waals surface area contributed by atoms with Crippen molar-refractivity contribution in [3.63, 3.8) is 0 Å². The summed E-state index contributed by atoms with van der Waals surface area (Å²) in [5.41, 5.74) is 0. The van der Waals surface area contributed by atoms with Crippen molar-refractivity contribution in [2.45, 2.75) is 91.2 Å². The van der Waals surface area contributed by atoms with Crippen LogP contribution in [0.4, 0.5) is 0 Å². The molecule has 0 saturated heterocycles. The number of hydrogen-bond acceptors (Lipinski definition) is 7. The van der Waals surface area contributed by atoms with Crippen molar-refractivity contribution in [1.29, 1.82) is 0 Å². The fourth-order valence-corrected chi connectivity index (χ4v) is 4.79. The van der Waals surface area contributed by atoms with Gasteiger partial charge in [-0.2, -0.15) is 0 Å². The average molecular weight is 573 g/mol. The molecule has 1 aromatic rings. The van der Waals surface area contributed by atoms with Crippen LogP contribution < -0.4 is 13.6 Å². The van der Waals surface area contributed by atoms with Crippen molar-refractivity contribution < 1.29 is 32.5 Å². The first-order chi connectivity index (χ1) is 17.6. The Hall–Kier alpha value is -1.11. The van der Waals surface area contributed by atoms with Crippen LogP contribution in [0.15, 0.2) is 18.2 Å². The van der Waals surface area contributed by atoms with Crippen LogP contribution in [0.1, 0.15) is 54.9 Å². The van der Waals surface area contributed by atoms with Crippen molar-refractivity contribution in [2.24, 2.45) is 0 Å². The molecule has 0 saturated carbocycles. The Kier molecular flexibility index (Phi) is 14.9. The highest BCUT2D eigenvalue weighted by atomic mass is 28.4. The van der Waals surface area contributed by atoms with Gasteiger partial charge in [0, 0.05) is 24.8 Å². The van der Waals surface area contributed by atoms with Crippen LogP contribution >= 0.6 is 0 Å². The fourth-order valence-electron chi connectivity index (χ4n) is 2.77. The third-order valence-corrected chi connectivity index (χ3v) is 15.9. The van der Waals surface area contributed by atoms with Crippen LogP contribution in [-0.2, 0) is 18.9 Å². The lowest BCUT2D eigenvalue weighted by molar-refractivity contribution is -0.00450. The quantitative estimate of drug-likeness (QED) is 0.127. The van der Waals surface area contributed by atoms with E-state index in [2.05, 4.69) is 74.7 Å². The summed E-state index contributed by atoms with van der Waals surface area (Å²) in [6.45, 7) is 29.6. The lowest BCUT2D eigenvalue weighted by atomic mass is 10.2. The van der Waals surface area contributed by atoms with Gasteiger partial charge in [-0.05, 0) is 42.7 Å². The molecule has 1 aromatic carbocycles. The Morgan fingerprint density at radius 3 is 1.16 bits per heavy atom. The molecule has 0 heterocycles. The Bertz CT molecular complexity index is 740. The highest BCUT2D eigenvalue weighted by molar-refractivity contribution is 6.75. The second-order valence-corrected chi connectivity index (χ2v) is 22.1. The summed E-state index contributed by atoms with van der Waals surface area (Å²) < 4.78 is 41.3. The molecule has 0 spiro atoms. The zero-order valence-corrected chi connectivity index (χ0v) is 28.2. The molecule has 0 unspecified atom stereocenters. The van der Waals surface area contributed by atoms with Gasteiger partial charge in [-0.15, -0.1) is 0 Å². The number of benzene rings is 1. The van der Waals surface area contributed by atoms with E-state index in [0.29, 0.717) is 52.9 Å². The van der Waals surface area contributed by atoms with Gasteiger partial charge in [0.1, 0.15) is 23.9 Å². The topological polar surface area (TPSA) is 64.6 Å². The van der Waals surface area contributed by atoms with Gasteiger partial charge in [0.15, 0.2) is 0 Å². The third kappa shape index (κ3) is 13.3. The van der Waals surface area contributed by atoms with Crippen molar-refractivity contribution in [3.05, 3.63) is 18.2 Å². The van der Waals surface area contributed by atoms with Crippen molar-refractivity contribution >= 4 is 16.6 Å². The van der Waals surface area contributed by atoms with Crippen LogP contribution in [0.3, 0.4) is 0 Å². The smallest absolute Gasteiger partial charge is 0.250 e. The Morgan fingerprint density at radius 2 is 0.816 bits per heavy atom. The Labute approximate surface area is 235 Å². The van der Waals surface area contributed by atoms with E-state index in [1.54, 1.807) is 0 Å². The summed E-state index contributed by atoms with van der Waals surface area (Å²) in [6, 6.07) is 5.95. The van der Waals surface area contributed by atoms with E-state index in [1.807, 2.05) is 18.2 Å². The molecule has 222 valence electrons. The normalized spacial score (nSPS) is 13.0. The van der Waals surface area contributed by atoms with E-state index < -0.39 is 16.6 Å². The second-order valence-electron chi connectivity index (χ2n) is 12.7. The molecule has 0 bridgehead atoms. The Balaban J connectivity index is 2.57. The average Bonchev–Trinajstić information content (AvgIpc) is 2.77. The van der Waals surface area contributed by atoms with Gasteiger partial charge in [-0.1, -0.05) is 48.5 Å². The van der Waals surface area contributed by atoms with Crippen LogP contribution in [0.2, 0.25) is 36.3 Å². The minimum Gasteiger partial charge on any atom is -0.543 e. The predicted octanol–water partition coefficient (Wildman–Crippen LogP) is 7.31. The van der Waals surface area contributed by atoms with Gasteiger partial charge in [0.25, 0.3) is 0 Å². The maximum atomic E-state index is 6.60. The van der Waals surface area contributed by atoms with Crippen LogP contribution in [0, 0.1) is 0 Å². The molecule has 0 atom stereocenters. The highest BCUT2D eigenvalue weighted by Gasteiger charge is 2.40. The second kappa shape index (κ2) is 16.2. The SMILES string of the molecule is CCCOCCOCCOCCOCCOc1cc(O[Si](C)(C)C(C)(C)C)cc(O[Si](C)(C)C(C)(C)C)c1. The van der Waals surface area contributed by atoms with Crippen molar-refractivity contribution in [3.8, 4) is 17.2 Å². The standard InChI is InChI=1S/C29H56O7Si2/c1-12-13-30-14-15-31-16-17-32-18-19-33-20-21-34-25-22-26(35-37(8,9)28(2,3)4)24-27(23-25)36-38(10,11)29(5,6)7/h22-24H,12-21H2,1-11H3. The van der Waals surface area contributed by atoms with Gasteiger partial charge in [0.05, 0.1) is 46.2 Å². The zero-order chi connectivity index (χ0) is 28.9. The highest BCUT2D eigenvalue weighted by Crippen LogP contribution is 2.41. The lowest BCUT2D eigenvalue weighted by Crippen LogP contribution is -2.44. The maximum Gasteiger partial charge on any atom is 0.250 e. The number of rotatable bonds is 19. The van der Waals surface area contributed by atoms with E-state index in [1.165, 1.54) is 0 Å². The first-order valence-electron chi connectivity index (χ1n) is 14.1. The number of ether oxygens (including phenoxy) is 5. The minimum atomic E-state index is -2.01. The maximum absolute atomic E-state index is 6.60. The minimum absolute atomic E-state index is 0.0927. The van der Waals surface area contributed by atoms with Gasteiger partial charge in [-0.25, -0.2) is 0 Å². The van der Waals surface area contributed by atoms with E-state index >= 15 is 0 Å². The monoisotopic (exact) mass is 572 g/mol. The third-order valence-electron chi connectivity index (χ3n) is 7.17. The van der Waals surface area contributed by atoms with Crippen LogP contribution in [0.5, 0.6) is 17.2 Å². The van der Waals surface area contributed by atoms with Gasteiger partial charge < -0.3 is 32.5 Å². The molecule has 7 nitrogen and oxygen atoms in total. The molecular formula is C29H56O7Si2. The molecule has 0 fully saturated rings. The van der Waals surface area contributed by atoms with Gasteiger partial charge in [-0.3, -0.25) is 0 Å². The van der Waals surface area contributed by atoms with E-state index in [0.717, 1.165) is 30.3 Å². The summed E-state index contributed by atoms with van der Waals surface area (Å²) >= 11 is 0. The predicted molar refractivity (Wildman–Crippen MR) is 161 cm³/mol. The molecule has 1 rings (SSSR count). The molecule has 0 aliphatic carbocycles. The van der Waals surface area contributed by atoms with Crippen molar-refractivity contribution in [1.82, 2.24) is 0 Å². The molecule has 0 amide bonds. The molecule has 38 heavy (non-hydrogen) atoms. The van der Waals surface area contributed by atoms with Crippen molar-refractivity contribution in [2.75, 3.05) is 59.5 Å². The molecule has 0 aromatic heterocycles. The Morgan fingerprint density at radius 1 is 0.500 bits per heavy atom. The fraction of sp³-hybridized carbons (Fsp3) is 0.793. The van der Waals surface area contributed by atoms with Gasteiger partial charge in [0.2, 0.25) is 16.6 Å². The number of hydrogen-bond donors (Lipinski definition) is 0. The first-order valence-corrected chi connectivity index (χ1v) is 19.9. The summed E-state index contributed by atoms with van der Waals surface area (Å²) in [5.74, 6) is 2.34. The largest absolute Gasteiger partial charge is 0.543 e. The van der Waals surface area contributed by atoms with E-state index in [9.17, 15) is 0 Å². The molecule has 0 radical (unpaired) electrons. The summed E-state index contributed by atoms with van der Waals surface area (Å²) in [5, 5.41) is 0.185. The first kappa shape index (κ1) is 34.9. The summed E-state index contributed by atoms with van der Waals surface area (Å²) in [4.78, 5) is 0. The van der Waals surface area contributed by atoms with Crippen LogP contribution in [-0.4, -0.2) is 76.1 Å². The molecular weight excluding hydrogens is 516 g/mol.